The first-order chi connectivity index (χ1) is 7.97. The largest absolute Gasteiger partial charge is 0.0785 e. The molecule has 0 radical (unpaired) electrons. The minimum Gasteiger partial charge on any atom is -0.0785 e. The maximum absolute atomic E-state index is 2.51. The lowest BCUT2D eigenvalue weighted by Crippen LogP contribution is -2.13. The van der Waals surface area contributed by atoms with E-state index in [0.717, 1.165) is 0 Å². The highest BCUT2D eigenvalue weighted by Gasteiger charge is 2.27. The van der Waals surface area contributed by atoms with Crippen molar-refractivity contribution in [3.63, 3.8) is 0 Å². The average molecular weight is 242 g/mol. The van der Waals surface area contributed by atoms with Gasteiger partial charge in [-0.05, 0) is 26.3 Å². The van der Waals surface area contributed by atoms with Crippen LogP contribution < -0.4 is 0 Å². The van der Waals surface area contributed by atoms with E-state index in [1.807, 2.05) is 0 Å². The topological polar surface area (TPSA) is 0 Å². The minimum absolute atomic E-state index is 0.299. The van der Waals surface area contributed by atoms with Crippen LogP contribution in [-0.4, -0.2) is 14.1 Å². The van der Waals surface area contributed by atoms with Gasteiger partial charge in [0.2, 0.25) is 0 Å². The molecule has 0 saturated carbocycles. The number of rotatable bonds is 2. The number of hydrogen-bond acceptors (Lipinski definition) is 0. The summed E-state index contributed by atoms with van der Waals surface area (Å²) in [5.74, 6) is 1.18. The fraction of sp³-hybridized carbons (Fsp3) is 0.438. The van der Waals surface area contributed by atoms with E-state index >= 15 is 0 Å². The molecule has 0 spiro atoms. The molecule has 0 aromatic carbocycles. The Kier molecular flexibility index (Phi) is 3.48. The Morgan fingerprint density at radius 3 is 2.06 bits per heavy atom. The minimum atomic E-state index is -0.299. The van der Waals surface area contributed by atoms with Gasteiger partial charge in [0.25, 0.3) is 0 Å². The van der Waals surface area contributed by atoms with Crippen LogP contribution in [-0.2, 0) is 0 Å². The Morgan fingerprint density at radius 1 is 0.941 bits per heavy atom. The SMILES string of the molecule is CC1=CC(C2C=C(C)C=C2C=[Si](C)C)C(C)=C1. The van der Waals surface area contributed by atoms with E-state index in [4.69, 9.17) is 0 Å². The lowest BCUT2D eigenvalue weighted by atomic mass is 9.85. The first kappa shape index (κ1) is 12.5. The molecule has 0 N–H and O–H groups in total. The molecule has 0 nitrogen and oxygen atoms in total. The molecule has 0 saturated heterocycles. The second-order valence-corrected chi connectivity index (χ2v) is 8.07. The molecule has 0 aromatic rings. The molecule has 0 aromatic heterocycles. The molecule has 0 bridgehead atoms. The molecule has 2 rings (SSSR count). The lowest BCUT2D eigenvalue weighted by Gasteiger charge is -2.19. The monoisotopic (exact) mass is 242 g/mol. The Hall–Kier alpha value is -0.953. The van der Waals surface area contributed by atoms with Crippen molar-refractivity contribution < 1.29 is 0 Å². The number of allylic oxidation sites excluding steroid dienone is 8. The normalized spacial score (nSPS) is 27.4. The summed E-state index contributed by atoms with van der Waals surface area (Å²) in [5.41, 5.74) is 8.42. The molecule has 2 aliphatic carbocycles. The van der Waals surface area contributed by atoms with Crippen molar-refractivity contribution >= 4 is 14.1 Å². The van der Waals surface area contributed by atoms with Gasteiger partial charge in [-0.25, -0.2) is 0 Å². The zero-order valence-corrected chi connectivity index (χ0v) is 12.5. The van der Waals surface area contributed by atoms with Gasteiger partial charge in [0.05, 0.1) is 0 Å². The highest BCUT2D eigenvalue weighted by molar-refractivity contribution is 6.65. The maximum atomic E-state index is 2.51. The molecular formula is C16H22Si. The van der Waals surface area contributed by atoms with E-state index in [2.05, 4.69) is 63.8 Å². The summed E-state index contributed by atoms with van der Waals surface area (Å²) >= 11 is 0. The van der Waals surface area contributed by atoms with Crippen LogP contribution in [0.4, 0.5) is 0 Å². The molecule has 0 fully saturated rings. The summed E-state index contributed by atoms with van der Waals surface area (Å²) in [4.78, 5) is 0. The van der Waals surface area contributed by atoms with Gasteiger partial charge in [-0.1, -0.05) is 59.8 Å². The Balaban J connectivity index is 2.31. The van der Waals surface area contributed by atoms with Gasteiger partial charge in [0.1, 0.15) is 0 Å². The number of hydrogen-bond donors (Lipinski definition) is 0. The van der Waals surface area contributed by atoms with Crippen LogP contribution >= 0.6 is 0 Å². The smallest absolute Gasteiger partial charge is 0.0120 e. The van der Waals surface area contributed by atoms with Crippen LogP contribution in [0.15, 0.2) is 46.6 Å². The van der Waals surface area contributed by atoms with E-state index in [0.29, 0.717) is 11.8 Å². The fourth-order valence-electron chi connectivity index (χ4n) is 2.87. The van der Waals surface area contributed by atoms with Gasteiger partial charge < -0.3 is 0 Å². The van der Waals surface area contributed by atoms with Gasteiger partial charge in [-0.15, -0.1) is 0 Å². The predicted molar refractivity (Wildman–Crippen MR) is 79.9 cm³/mol. The fourth-order valence-corrected chi connectivity index (χ4v) is 3.82. The maximum Gasteiger partial charge on any atom is 0.0120 e. The Morgan fingerprint density at radius 2 is 1.53 bits per heavy atom. The molecule has 1 heteroatoms. The summed E-state index contributed by atoms with van der Waals surface area (Å²) in [5, 5.41) is 0. The second kappa shape index (κ2) is 4.73. The van der Waals surface area contributed by atoms with Gasteiger partial charge in [0, 0.05) is 20.2 Å². The van der Waals surface area contributed by atoms with Crippen LogP contribution in [0.5, 0.6) is 0 Å². The molecule has 0 heterocycles. The third-order valence-corrected chi connectivity index (χ3v) is 4.40. The summed E-state index contributed by atoms with van der Waals surface area (Å²) in [7, 11) is -0.299. The predicted octanol–water partition coefficient (Wildman–Crippen LogP) is 4.15. The van der Waals surface area contributed by atoms with Gasteiger partial charge in [-0.2, -0.15) is 0 Å². The quantitative estimate of drug-likeness (QED) is 0.638. The first-order valence-corrected chi connectivity index (χ1v) is 8.96. The Bertz CT molecular complexity index is 480. The van der Waals surface area contributed by atoms with Gasteiger partial charge in [0.15, 0.2) is 0 Å². The van der Waals surface area contributed by atoms with Crippen molar-refractivity contribution in [3.05, 3.63) is 46.6 Å². The lowest BCUT2D eigenvalue weighted by molar-refractivity contribution is 0.641. The van der Waals surface area contributed by atoms with Crippen molar-refractivity contribution in [1.82, 2.24) is 0 Å². The second-order valence-electron chi connectivity index (χ2n) is 5.63. The van der Waals surface area contributed by atoms with Crippen molar-refractivity contribution in [2.75, 3.05) is 0 Å². The van der Waals surface area contributed by atoms with Crippen molar-refractivity contribution in [1.29, 1.82) is 0 Å². The van der Waals surface area contributed by atoms with Crippen molar-refractivity contribution in [2.24, 2.45) is 11.8 Å². The Labute approximate surface area is 107 Å². The van der Waals surface area contributed by atoms with E-state index in [1.165, 1.54) is 16.7 Å². The van der Waals surface area contributed by atoms with Crippen molar-refractivity contribution in [2.45, 2.75) is 33.9 Å². The standard InChI is InChI=1S/C16H22Si/c1-11-6-13(3)15(8-11)16-9-12(2)7-14(16)10-17(4)5/h6-10,15-16H,1-5H3. The van der Waals surface area contributed by atoms with E-state index < -0.39 is 0 Å². The average Bonchev–Trinajstić information content (AvgIpc) is 2.69. The van der Waals surface area contributed by atoms with Crippen molar-refractivity contribution in [3.8, 4) is 0 Å². The molecule has 90 valence electrons. The third-order valence-electron chi connectivity index (χ3n) is 3.49. The summed E-state index contributed by atoms with van der Waals surface area (Å²) in [6, 6.07) is 0. The summed E-state index contributed by atoms with van der Waals surface area (Å²) in [6.45, 7) is 11.4. The van der Waals surface area contributed by atoms with E-state index in [1.54, 1.807) is 5.57 Å². The first-order valence-electron chi connectivity index (χ1n) is 6.39. The molecule has 0 aliphatic heterocycles. The summed E-state index contributed by atoms with van der Waals surface area (Å²) < 4.78 is 0. The molecule has 2 unspecified atom stereocenters. The van der Waals surface area contributed by atoms with Gasteiger partial charge in [-0.3, -0.25) is 0 Å². The zero-order chi connectivity index (χ0) is 12.6. The summed E-state index contributed by atoms with van der Waals surface area (Å²) in [6.07, 6.45) is 9.56. The molecular weight excluding hydrogens is 220 g/mol. The van der Waals surface area contributed by atoms with Crippen LogP contribution in [0.2, 0.25) is 13.1 Å². The highest BCUT2D eigenvalue weighted by Crippen LogP contribution is 2.38. The highest BCUT2D eigenvalue weighted by atomic mass is 28.2. The molecule has 2 aliphatic rings. The molecule has 0 amide bonds. The van der Waals surface area contributed by atoms with Gasteiger partial charge >= 0.3 is 0 Å². The third kappa shape index (κ3) is 2.66. The van der Waals surface area contributed by atoms with Crippen LogP contribution in [0.3, 0.4) is 0 Å². The molecule has 2 atom stereocenters. The molecule has 17 heavy (non-hydrogen) atoms. The van der Waals surface area contributed by atoms with E-state index in [-0.39, 0.29) is 8.41 Å². The van der Waals surface area contributed by atoms with Crippen LogP contribution in [0.1, 0.15) is 20.8 Å². The zero-order valence-electron chi connectivity index (χ0n) is 11.5. The van der Waals surface area contributed by atoms with E-state index in [9.17, 15) is 0 Å². The van der Waals surface area contributed by atoms with Crippen LogP contribution in [0, 0.1) is 11.8 Å². The van der Waals surface area contributed by atoms with Crippen LogP contribution in [0.25, 0.3) is 0 Å².